The van der Waals surface area contributed by atoms with Crippen molar-refractivity contribution in [3.8, 4) is 5.75 Å². The molecular formula is C15H20ClNO3. The molecule has 0 aromatic heterocycles. The number of amides is 1. The van der Waals surface area contributed by atoms with Crippen LogP contribution >= 0.6 is 11.6 Å². The minimum atomic E-state index is -0.0822. The maximum Gasteiger partial charge on any atom is 0.225 e. The van der Waals surface area contributed by atoms with Gasteiger partial charge in [-0.15, -0.1) is 0 Å². The van der Waals surface area contributed by atoms with E-state index in [1.54, 1.807) is 6.07 Å². The van der Waals surface area contributed by atoms with E-state index in [9.17, 15) is 4.79 Å². The fourth-order valence-corrected chi connectivity index (χ4v) is 2.27. The molecule has 1 saturated heterocycles. The van der Waals surface area contributed by atoms with E-state index in [0.29, 0.717) is 30.5 Å². The van der Waals surface area contributed by atoms with Gasteiger partial charge in [-0.25, -0.2) is 0 Å². The Morgan fingerprint density at radius 3 is 3.00 bits per heavy atom. The maximum atomic E-state index is 11.9. The number of ether oxygens (including phenoxy) is 2. The number of benzene rings is 1. The molecule has 1 amide bonds. The highest BCUT2D eigenvalue weighted by Crippen LogP contribution is 2.24. The molecule has 2 rings (SSSR count). The minimum Gasteiger partial charge on any atom is -0.487 e. The second-order valence-electron chi connectivity index (χ2n) is 4.88. The first-order chi connectivity index (χ1) is 9.70. The number of carbonyl (C=O) groups is 1. The molecule has 0 bridgehead atoms. The van der Waals surface area contributed by atoms with E-state index >= 15 is 0 Å². The van der Waals surface area contributed by atoms with E-state index in [-0.39, 0.29) is 17.9 Å². The monoisotopic (exact) mass is 297 g/mol. The van der Waals surface area contributed by atoms with Crippen molar-refractivity contribution in [1.29, 1.82) is 0 Å². The van der Waals surface area contributed by atoms with E-state index in [0.717, 1.165) is 12.8 Å². The maximum absolute atomic E-state index is 11.9. The molecule has 1 aliphatic heterocycles. The van der Waals surface area contributed by atoms with Gasteiger partial charge in [-0.05, 0) is 25.0 Å². The molecule has 1 fully saturated rings. The quantitative estimate of drug-likeness (QED) is 0.878. The lowest BCUT2D eigenvalue weighted by Gasteiger charge is -2.19. The van der Waals surface area contributed by atoms with Crippen LogP contribution in [0.1, 0.15) is 19.8 Å². The smallest absolute Gasteiger partial charge is 0.225 e. The predicted molar refractivity (Wildman–Crippen MR) is 78.1 cm³/mol. The highest BCUT2D eigenvalue weighted by Gasteiger charge is 2.24. The lowest BCUT2D eigenvalue weighted by Crippen LogP contribution is -2.38. The van der Waals surface area contributed by atoms with Crippen molar-refractivity contribution < 1.29 is 14.3 Å². The summed E-state index contributed by atoms with van der Waals surface area (Å²) < 4.78 is 11.0. The summed E-state index contributed by atoms with van der Waals surface area (Å²) in [5, 5.41) is 3.51. The number of hydrogen-bond acceptors (Lipinski definition) is 3. The van der Waals surface area contributed by atoms with Crippen LogP contribution in [-0.4, -0.2) is 31.8 Å². The first-order valence-corrected chi connectivity index (χ1v) is 7.35. The highest BCUT2D eigenvalue weighted by atomic mass is 35.5. The summed E-state index contributed by atoms with van der Waals surface area (Å²) in [7, 11) is 0. The Labute approximate surface area is 124 Å². The molecule has 20 heavy (non-hydrogen) atoms. The molecule has 0 unspecified atom stereocenters. The second-order valence-corrected chi connectivity index (χ2v) is 5.29. The van der Waals surface area contributed by atoms with Crippen molar-refractivity contribution in [2.75, 3.05) is 19.8 Å². The Bertz CT molecular complexity index is 446. The summed E-state index contributed by atoms with van der Waals surface area (Å²) in [6.07, 6.45) is 1.52. The van der Waals surface area contributed by atoms with E-state index in [1.807, 2.05) is 25.1 Å². The van der Waals surface area contributed by atoms with E-state index in [4.69, 9.17) is 21.1 Å². The molecular weight excluding hydrogens is 278 g/mol. The predicted octanol–water partition coefficient (Wildman–Crippen LogP) is 2.65. The molecule has 1 heterocycles. The van der Waals surface area contributed by atoms with Gasteiger partial charge in [0.05, 0.1) is 24.1 Å². The first kappa shape index (κ1) is 15.1. The largest absolute Gasteiger partial charge is 0.487 e. The van der Waals surface area contributed by atoms with Gasteiger partial charge in [0.15, 0.2) is 0 Å². The Hall–Kier alpha value is -1.26. The molecule has 1 aromatic carbocycles. The minimum absolute atomic E-state index is 0.0205. The molecule has 0 aliphatic carbocycles. The number of halogens is 1. The summed E-state index contributed by atoms with van der Waals surface area (Å²) in [6, 6.07) is 7.36. The van der Waals surface area contributed by atoms with Crippen LogP contribution in [0.2, 0.25) is 5.02 Å². The van der Waals surface area contributed by atoms with Crippen LogP contribution in [0.3, 0.4) is 0 Å². The average Bonchev–Trinajstić information content (AvgIpc) is 2.99. The molecule has 1 aliphatic rings. The van der Waals surface area contributed by atoms with Gasteiger partial charge < -0.3 is 14.8 Å². The summed E-state index contributed by atoms with van der Waals surface area (Å²) in [5.74, 6) is 0.677. The highest BCUT2D eigenvalue weighted by molar-refractivity contribution is 6.32. The Morgan fingerprint density at radius 2 is 2.35 bits per heavy atom. The molecule has 5 heteroatoms. The van der Waals surface area contributed by atoms with Gasteiger partial charge in [0, 0.05) is 6.61 Å². The van der Waals surface area contributed by atoms with Gasteiger partial charge in [-0.3, -0.25) is 4.79 Å². The lowest BCUT2D eigenvalue weighted by molar-refractivity contribution is -0.125. The van der Waals surface area contributed by atoms with Gasteiger partial charge in [0.25, 0.3) is 0 Å². The van der Waals surface area contributed by atoms with Gasteiger partial charge in [-0.2, -0.15) is 0 Å². The fraction of sp³-hybridized carbons (Fsp3) is 0.533. The Morgan fingerprint density at radius 1 is 1.55 bits per heavy atom. The Kier molecular flexibility index (Phi) is 5.68. The van der Waals surface area contributed by atoms with E-state index in [1.165, 1.54) is 0 Å². The zero-order valence-electron chi connectivity index (χ0n) is 11.6. The molecule has 110 valence electrons. The van der Waals surface area contributed by atoms with Gasteiger partial charge >= 0.3 is 0 Å². The molecule has 0 saturated carbocycles. The summed E-state index contributed by atoms with van der Waals surface area (Å²) >= 11 is 6.06. The van der Waals surface area contributed by atoms with Crippen molar-refractivity contribution >= 4 is 17.5 Å². The van der Waals surface area contributed by atoms with Gasteiger partial charge in [0.1, 0.15) is 11.9 Å². The number of nitrogens with one attached hydrogen (secondary N) is 1. The van der Waals surface area contributed by atoms with Crippen LogP contribution in [0.4, 0.5) is 0 Å². The number of para-hydroxylation sites is 1. The zero-order chi connectivity index (χ0) is 14.4. The number of hydrogen-bond donors (Lipinski definition) is 1. The van der Waals surface area contributed by atoms with Crippen LogP contribution in [0.5, 0.6) is 5.75 Å². The van der Waals surface area contributed by atoms with Crippen molar-refractivity contribution in [3.63, 3.8) is 0 Å². The van der Waals surface area contributed by atoms with Crippen molar-refractivity contribution in [3.05, 3.63) is 29.3 Å². The Balaban J connectivity index is 1.83. The molecule has 1 N–H and O–H groups in total. The third kappa shape index (κ3) is 4.12. The molecule has 0 spiro atoms. The number of carbonyl (C=O) groups excluding carboxylic acids is 1. The SMILES string of the molecule is CC[C@@H](CNC(=O)[C@@H]1CCOC1)Oc1ccccc1Cl. The standard InChI is InChI=1S/C15H20ClNO3/c1-2-12(20-14-6-4-3-5-13(14)16)9-17-15(18)11-7-8-19-10-11/h3-6,11-12H,2,7-10H2,1H3,(H,17,18)/t11-,12+/m1/s1. The number of rotatable bonds is 6. The van der Waals surface area contributed by atoms with Crippen molar-refractivity contribution in [1.82, 2.24) is 5.32 Å². The lowest BCUT2D eigenvalue weighted by atomic mass is 10.1. The topological polar surface area (TPSA) is 47.6 Å². The van der Waals surface area contributed by atoms with Crippen LogP contribution in [-0.2, 0) is 9.53 Å². The molecule has 1 aromatic rings. The summed E-state index contributed by atoms with van der Waals surface area (Å²) in [6.45, 7) is 3.70. The van der Waals surface area contributed by atoms with Gasteiger partial charge in [-0.1, -0.05) is 30.7 Å². The molecule has 4 nitrogen and oxygen atoms in total. The zero-order valence-corrected chi connectivity index (χ0v) is 12.4. The summed E-state index contributed by atoms with van der Waals surface area (Å²) in [4.78, 5) is 11.9. The average molecular weight is 298 g/mol. The van der Waals surface area contributed by atoms with E-state index < -0.39 is 0 Å². The third-order valence-electron chi connectivity index (χ3n) is 3.39. The normalized spacial score (nSPS) is 19.6. The first-order valence-electron chi connectivity index (χ1n) is 6.97. The summed E-state index contributed by atoms with van der Waals surface area (Å²) in [5.41, 5.74) is 0. The fourth-order valence-electron chi connectivity index (χ4n) is 2.09. The third-order valence-corrected chi connectivity index (χ3v) is 3.70. The van der Waals surface area contributed by atoms with Crippen molar-refractivity contribution in [2.45, 2.75) is 25.9 Å². The van der Waals surface area contributed by atoms with Gasteiger partial charge in [0.2, 0.25) is 5.91 Å². The van der Waals surface area contributed by atoms with E-state index in [2.05, 4.69) is 5.32 Å². The van der Waals surface area contributed by atoms with Crippen molar-refractivity contribution in [2.24, 2.45) is 5.92 Å². The van der Waals surface area contributed by atoms with Crippen LogP contribution in [0.15, 0.2) is 24.3 Å². The molecule has 0 radical (unpaired) electrons. The van der Waals surface area contributed by atoms with Crippen LogP contribution in [0.25, 0.3) is 0 Å². The van der Waals surface area contributed by atoms with Crippen LogP contribution < -0.4 is 10.1 Å². The van der Waals surface area contributed by atoms with Crippen LogP contribution in [0, 0.1) is 5.92 Å². The molecule has 2 atom stereocenters. The second kappa shape index (κ2) is 7.50.